The van der Waals surface area contributed by atoms with E-state index in [4.69, 9.17) is 14.4 Å². The molecule has 0 spiro atoms. The molecule has 0 fully saturated rings. The van der Waals surface area contributed by atoms with Gasteiger partial charge in [-0.2, -0.15) is 0 Å². The molecule has 0 aliphatic rings. The Morgan fingerprint density at radius 3 is 2.25 bits per heavy atom. The summed E-state index contributed by atoms with van der Waals surface area (Å²) in [7, 11) is -1.34. The topological polar surface area (TPSA) is 56.7 Å². The van der Waals surface area contributed by atoms with E-state index in [0.717, 1.165) is 75.1 Å². The molecule has 4 aromatic heterocycles. The number of aromatic nitrogens is 4. The van der Waals surface area contributed by atoms with Crippen LogP contribution in [0.15, 0.2) is 120 Å². The number of imidazole rings is 1. The summed E-state index contributed by atoms with van der Waals surface area (Å²) in [6.07, 6.45) is 4.14. The van der Waals surface area contributed by atoms with Gasteiger partial charge in [0.2, 0.25) is 5.71 Å². The van der Waals surface area contributed by atoms with E-state index in [1.165, 1.54) is 16.3 Å². The first-order chi connectivity index (χ1) is 25.8. The fourth-order valence-corrected chi connectivity index (χ4v) is 8.69. The van der Waals surface area contributed by atoms with Crippen molar-refractivity contribution in [1.82, 2.24) is 19.5 Å². The molecule has 0 saturated carbocycles. The fraction of sp³-hybridized carbons (Fsp3) is 0.271. The molecule has 0 aliphatic carbocycles. The van der Waals surface area contributed by atoms with Crippen LogP contribution in [-0.2, 0) is 39.5 Å². The summed E-state index contributed by atoms with van der Waals surface area (Å²) in [5, 5.41) is 3.55. The van der Waals surface area contributed by atoms with Crippen LogP contribution in [0.25, 0.3) is 55.7 Å². The van der Waals surface area contributed by atoms with Gasteiger partial charge in [0.05, 0.1) is 30.5 Å². The third-order valence-corrected chi connectivity index (χ3v) is 11.6. The number of nitrogens with zero attached hydrogens (tertiary/aromatic N) is 4. The Bertz CT molecular complexity index is 2530. The standard InChI is InChI=1S/C30H26N3O.C18H24NSi.Ir/c1-30(2,3)18-22-14-15-23-24-17-21(13-16-27(24)34-29(23)31-22)28-32-25-11-7-8-12-26(25)33(28)19-20-9-5-4-6-10-20;1-14(2)11-16-12-17(15-9-7-6-8-10-15)19-13-18(16)20(3,4)5;/h4-12,14-17H,18-19H2,1-3H3;6-9,12-14H,11H2,1-5H3;/q2*-1;. The Morgan fingerprint density at radius 2 is 1.55 bits per heavy atom. The second kappa shape index (κ2) is 16.6. The Labute approximate surface area is 340 Å². The first-order valence-electron chi connectivity index (χ1n) is 19.0. The van der Waals surface area contributed by atoms with Crippen molar-refractivity contribution in [2.24, 2.45) is 11.3 Å². The quantitative estimate of drug-likeness (QED) is 0.113. The summed E-state index contributed by atoms with van der Waals surface area (Å²) in [5.74, 6) is 1.57. The summed E-state index contributed by atoms with van der Waals surface area (Å²) < 4.78 is 8.38. The van der Waals surface area contributed by atoms with Gasteiger partial charge >= 0.3 is 0 Å². The van der Waals surface area contributed by atoms with E-state index in [0.29, 0.717) is 11.6 Å². The van der Waals surface area contributed by atoms with Crippen molar-refractivity contribution < 1.29 is 24.5 Å². The van der Waals surface area contributed by atoms with Gasteiger partial charge in [0, 0.05) is 43.9 Å². The number of para-hydroxylation sites is 2. The predicted octanol–water partition coefficient (Wildman–Crippen LogP) is 11.7. The molecule has 0 amide bonds. The molecule has 4 heterocycles. The number of pyridine rings is 2. The van der Waals surface area contributed by atoms with Gasteiger partial charge < -0.3 is 14.0 Å². The maximum absolute atomic E-state index is 6.11. The summed E-state index contributed by atoms with van der Waals surface area (Å²) in [4.78, 5) is 14.5. The van der Waals surface area contributed by atoms with E-state index in [1.54, 1.807) is 0 Å². The first-order valence-corrected chi connectivity index (χ1v) is 22.5. The smallest absolute Gasteiger partial charge is 0.216 e. The van der Waals surface area contributed by atoms with Crippen LogP contribution in [0.1, 0.15) is 51.4 Å². The number of benzene rings is 4. The Kier molecular flexibility index (Phi) is 12.1. The molecule has 0 bridgehead atoms. The number of fused-ring (bicyclic) bond motifs is 4. The van der Waals surface area contributed by atoms with Gasteiger partial charge in [-0.25, -0.2) is 4.98 Å². The van der Waals surface area contributed by atoms with E-state index in [9.17, 15) is 0 Å². The molecule has 4 aromatic carbocycles. The zero-order valence-electron chi connectivity index (χ0n) is 33.2. The minimum Gasteiger partial charge on any atom is -0.486 e. The Balaban J connectivity index is 0.000000211. The fourth-order valence-electron chi connectivity index (χ4n) is 7.10. The van der Waals surface area contributed by atoms with Gasteiger partial charge in [-0.1, -0.05) is 114 Å². The normalized spacial score (nSPS) is 11.9. The molecule has 55 heavy (non-hydrogen) atoms. The summed E-state index contributed by atoms with van der Waals surface area (Å²) in [6.45, 7) is 19.1. The van der Waals surface area contributed by atoms with E-state index >= 15 is 0 Å². The van der Waals surface area contributed by atoms with Crippen molar-refractivity contribution in [3.63, 3.8) is 0 Å². The average Bonchev–Trinajstić information content (AvgIpc) is 3.68. The van der Waals surface area contributed by atoms with Crippen LogP contribution in [0.4, 0.5) is 0 Å². The second-order valence-electron chi connectivity index (χ2n) is 17.0. The van der Waals surface area contributed by atoms with Crippen LogP contribution >= 0.6 is 0 Å². The maximum Gasteiger partial charge on any atom is 0.216 e. The summed E-state index contributed by atoms with van der Waals surface area (Å²) >= 11 is 0. The monoisotopic (exact) mass is 919 g/mol. The number of hydrogen-bond donors (Lipinski definition) is 0. The molecule has 0 saturated heterocycles. The van der Waals surface area contributed by atoms with Gasteiger partial charge in [0.25, 0.3) is 0 Å². The van der Waals surface area contributed by atoms with Crippen molar-refractivity contribution in [3.8, 4) is 22.6 Å². The SMILES string of the molecule is CC(C)(C)Cc1ccc2c(n1)oc1c[c-]c(-c3nc4ccccc4n3Cc3ccccc3)cc12.CC(C)Cc1cc(-c2[c-]cccc2)ncc1[Si](C)(C)C.[Ir]. The van der Waals surface area contributed by atoms with Crippen LogP contribution in [0, 0.1) is 23.5 Å². The van der Waals surface area contributed by atoms with Crippen molar-refractivity contribution >= 4 is 46.4 Å². The van der Waals surface area contributed by atoms with E-state index in [-0.39, 0.29) is 25.5 Å². The van der Waals surface area contributed by atoms with Gasteiger partial charge in [0.15, 0.2) is 0 Å². The van der Waals surface area contributed by atoms with E-state index < -0.39 is 8.07 Å². The maximum atomic E-state index is 6.11. The number of hydrogen-bond acceptors (Lipinski definition) is 4. The molecule has 0 unspecified atom stereocenters. The number of rotatable bonds is 8. The third kappa shape index (κ3) is 9.41. The molecule has 0 aliphatic heterocycles. The molecule has 7 heteroatoms. The van der Waals surface area contributed by atoms with Crippen molar-refractivity contribution in [3.05, 3.63) is 144 Å². The zero-order valence-corrected chi connectivity index (χ0v) is 36.6. The van der Waals surface area contributed by atoms with Crippen molar-refractivity contribution in [2.45, 2.75) is 73.6 Å². The van der Waals surface area contributed by atoms with Crippen LogP contribution in [-0.4, -0.2) is 27.6 Å². The molecule has 8 rings (SSSR count). The summed E-state index contributed by atoms with van der Waals surface area (Å²) in [6, 6.07) is 44.1. The predicted molar refractivity (Wildman–Crippen MR) is 228 cm³/mol. The molecule has 0 N–H and O–H groups in total. The Hall–Kier alpha value is -4.68. The van der Waals surface area contributed by atoms with Gasteiger partial charge in [0.1, 0.15) is 0 Å². The van der Waals surface area contributed by atoms with Gasteiger partial charge in [-0.05, 0) is 64.9 Å². The largest absolute Gasteiger partial charge is 0.486 e. The molecule has 8 aromatic rings. The minimum atomic E-state index is -1.34. The molecule has 5 nitrogen and oxygen atoms in total. The zero-order chi connectivity index (χ0) is 38.0. The van der Waals surface area contributed by atoms with Crippen molar-refractivity contribution in [1.29, 1.82) is 0 Å². The van der Waals surface area contributed by atoms with Crippen LogP contribution < -0.4 is 5.19 Å². The minimum absolute atomic E-state index is 0. The first kappa shape index (κ1) is 40.0. The van der Waals surface area contributed by atoms with Crippen LogP contribution in [0.2, 0.25) is 19.6 Å². The van der Waals surface area contributed by atoms with Crippen LogP contribution in [0.3, 0.4) is 0 Å². The molecular formula is C48H50IrN4OSi-2. The van der Waals surface area contributed by atoms with Crippen LogP contribution in [0.5, 0.6) is 0 Å². The average molecular weight is 919 g/mol. The molecule has 283 valence electrons. The van der Waals surface area contributed by atoms with Gasteiger partial charge in [-0.3, -0.25) is 4.98 Å². The summed E-state index contributed by atoms with van der Waals surface area (Å²) in [5.41, 5.74) is 10.6. The second-order valence-corrected chi connectivity index (χ2v) is 22.0. The van der Waals surface area contributed by atoms with Crippen molar-refractivity contribution in [2.75, 3.05) is 0 Å². The Morgan fingerprint density at radius 1 is 0.800 bits per heavy atom. The molecule has 1 radical (unpaired) electrons. The van der Waals surface area contributed by atoms with E-state index in [2.05, 4.69) is 155 Å². The molecule has 0 atom stereocenters. The molecular weight excluding hydrogens is 869 g/mol. The van der Waals surface area contributed by atoms with E-state index in [1.807, 2.05) is 36.4 Å². The number of furan rings is 1. The third-order valence-electron chi connectivity index (χ3n) is 9.53. The van der Waals surface area contributed by atoms with Gasteiger partial charge in [-0.15, -0.1) is 59.7 Å².